The number of alkyl carbamates (subject to hydrolysis) is 2. The van der Waals surface area contributed by atoms with E-state index < -0.39 is 24.3 Å². The predicted molar refractivity (Wildman–Crippen MR) is 253 cm³/mol. The maximum absolute atomic E-state index is 13.8. The zero-order valence-corrected chi connectivity index (χ0v) is 39.5. The maximum Gasteiger partial charge on any atom is 0.407 e. The lowest BCUT2D eigenvalue weighted by molar-refractivity contribution is -0.136. The van der Waals surface area contributed by atoms with Gasteiger partial charge in [-0.1, -0.05) is 39.8 Å². The molecule has 17 heteroatoms. The molecule has 2 aromatic carbocycles. The van der Waals surface area contributed by atoms with E-state index in [4.69, 9.17) is 24.2 Å². The standard InChI is InChI=1S/C50H57N9O7S/c1-26(2)42(55-49(62)64-5)46(60)57-18-8-11-36(57)44-51-24-33(53-44)28-15-17-35-31(20-28)21-38-32-16-14-29(22-39(32)66-48(59(35)38)41-23-30-10-7-13-40(30)67-41)34-25-52-45(54-34)37-12-9-19-58(37)47(61)43(27(3)4)56-50(63)65-6/h14-17,20-27,36-37,42-43,48H,7-13,18-19H2,1-6H3,(H,51,53)(H,52,54)(H,55,62)(H,56,63)/t36-,37-,42-,43-,48-/m0/s1. The van der Waals surface area contributed by atoms with Gasteiger partial charge in [0, 0.05) is 40.0 Å². The van der Waals surface area contributed by atoms with Gasteiger partial charge in [-0.2, -0.15) is 0 Å². The molecule has 4 aromatic heterocycles. The van der Waals surface area contributed by atoms with Crippen molar-refractivity contribution in [2.45, 2.75) is 103 Å². The number of nitrogens with one attached hydrogen (secondary N) is 4. The zero-order valence-electron chi connectivity index (χ0n) is 38.7. The number of rotatable bonds is 11. The highest BCUT2D eigenvalue weighted by molar-refractivity contribution is 7.12. The molecule has 0 unspecified atom stereocenters. The fourth-order valence-corrected chi connectivity index (χ4v) is 11.7. The van der Waals surface area contributed by atoms with Gasteiger partial charge < -0.3 is 44.6 Å². The summed E-state index contributed by atoms with van der Waals surface area (Å²) in [5.74, 6) is 1.64. The minimum absolute atomic E-state index is 0.124. The number of aromatic amines is 2. The summed E-state index contributed by atoms with van der Waals surface area (Å²) in [6.07, 6.45) is 8.54. The molecule has 4 N–H and O–H groups in total. The minimum Gasteiger partial charge on any atom is -0.464 e. The normalized spacial score (nSPS) is 19.6. The molecule has 2 fully saturated rings. The number of likely N-dealkylation sites (tertiary alicyclic amines) is 2. The minimum atomic E-state index is -0.715. The topological polar surface area (TPSA) is 189 Å². The summed E-state index contributed by atoms with van der Waals surface area (Å²) in [7, 11) is 2.59. The van der Waals surface area contributed by atoms with E-state index in [1.54, 1.807) is 0 Å². The average Bonchev–Trinajstić information content (AvgIpc) is 4.18. The van der Waals surface area contributed by atoms with Crippen molar-refractivity contribution in [3.05, 3.63) is 87.9 Å². The van der Waals surface area contributed by atoms with Crippen molar-refractivity contribution in [1.29, 1.82) is 0 Å². The van der Waals surface area contributed by atoms with Gasteiger partial charge in [0.2, 0.25) is 18.0 Å². The van der Waals surface area contributed by atoms with Crippen LogP contribution in [0.25, 0.3) is 44.7 Å². The molecule has 7 heterocycles. The quantitative estimate of drug-likeness (QED) is 0.0986. The lowest BCUT2D eigenvalue weighted by Crippen LogP contribution is -2.51. The number of carbonyl (C=O) groups is 4. The fraction of sp³-hybridized carbons (Fsp3) is 0.440. The Hall–Kier alpha value is -6.62. The summed E-state index contributed by atoms with van der Waals surface area (Å²) in [4.78, 5) is 74.8. The SMILES string of the molecule is COC(=O)N[C@H](C(=O)N1CCC[C@H]1c1ncc(-c2ccc3c(c2)O[C@@H](c2cc4c(s2)CCC4)n2c-3cc3cc(-c4cnc([C@@H]5CCCN5C(=O)[C@@H](NC(=O)OC)C(C)C)[nH]4)ccc32)[nH]1)C(C)C. The number of hydrogen-bond acceptors (Lipinski definition) is 10. The second-order valence-corrected chi connectivity index (χ2v) is 19.9. The number of imidazole rings is 2. The molecule has 16 nitrogen and oxygen atoms in total. The summed E-state index contributed by atoms with van der Waals surface area (Å²) in [5, 5.41) is 6.51. The van der Waals surface area contributed by atoms with Crippen LogP contribution in [0, 0.1) is 11.8 Å². The molecule has 0 radical (unpaired) electrons. The molecule has 4 amide bonds. The van der Waals surface area contributed by atoms with E-state index in [1.165, 1.54) is 31.1 Å². The molecule has 10 rings (SSSR count). The van der Waals surface area contributed by atoms with E-state index in [0.717, 1.165) is 93.8 Å². The average molecular weight is 928 g/mol. The van der Waals surface area contributed by atoms with Gasteiger partial charge in [-0.25, -0.2) is 19.6 Å². The molecule has 350 valence electrons. The van der Waals surface area contributed by atoms with E-state index in [9.17, 15) is 19.2 Å². The highest BCUT2D eigenvalue weighted by Gasteiger charge is 2.40. The molecule has 1 aliphatic carbocycles. The first-order chi connectivity index (χ1) is 32.4. The van der Waals surface area contributed by atoms with Gasteiger partial charge in [0.05, 0.1) is 66.2 Å². The van der Waals surface area contributed by atoms with Gasteiger partial charge in [-0.05, 0) is 98.7 Å². The predicted octanol–water partition coefficient (Wildman–Crippen LogP) is 8.67. The fourth-order valence-electron chi connectivity index (χ4n) is 10.4. The molecule has 67 heavy (non-hydrogen) atoms. The summed E-state index contributed by atoms with van der Waals surface area (Å²) < 4.78 is 19.0. The monoisotopic (exact) mass is 927 g/mol. The Labute approximate surface area is 392 Å². The first kappa shape index (κ1) is 44.2. The van der Waals surface area contributed by atoms with Gasteiger partial charge in [0.15, 0.2) is 0 Å². The van der Waals surface area contributed by atoms with Crippen LogP contribution in [0.2, 0.25) is 0 Å². The smallest absolute Gasteiger partial charge is 0.407 e. The van der Waals surface area contributed by atoms with Crippen LogP contribution in [-0.2, 0) is 31.9 Å². The molecular formula is C50H57N9O7S. The number of aryl methyl sites for hydroxylation is 2. The molecule has 3 aliphatic heterocycles. The summed E-state index contributed by atoms with van der Waals surface area (Å²) in [6, 6.07) is 15.4. The van der Waals surface area contributed by atoms with Crippen molar-refractivity contribution in [3.63, 3.8) is 0 Å². The van der Waals surface area contributed by atoms with Crippen LogP contribution in [0.3, 0.4) is 0 Å². The van der Waals surface area contributed by atoms with Crippen molar-refractivity contribution in [1.82, 2.24) is 44.9 Å². The zero-order chi connectivity index (χ0) is 46.7. The third-order valence-electron chi connectivity index (χ3n) is 13.9. The first-order valence-electron chi connectivity index (χ1n) is 23.4. The lowest BCUT2D eigenvalue weighted by atomic mass is 10.0. The number of H-pyrrole nitrogens is 2. The first-order valence-corrected chi connectivity index (χ1v) is 24.2. The number of hydrogen-bond donors (Lipinski definition) is 4. The van der Waals surface area contributed by atoms with Crippen LogP contribution in [0.1, 0.15) is 105 Å². The lowest BCUT2D eigenvalue weighted by Gasteiger charge is -2.30. The molecule has 0 spiro atoms. The highest BCUT2D eigenvalue weighted by Crippen LogP contribution is 2.48. The molecule has 0 saturated carbocycles. The molecule has 6 aromatic rings. The van der Waals surface area contributed by atoms with Gasteiger partial charge in [0.1, 0.15) is 29.5 Å². The van der Waals surface area contributed by atoms with Gasteiger partial charge in [-0.15, -0.1) is 11.3 Å². The van der Waals surface area contributed by atoms with Crippen molar-refractivity contribution in [2.24, 2.45) is 11.8 Å². The van der Waals surface area contributed by atoms with Crippen LogP contribution in [-0.4, -0.2) is 97.7 Å². The molecule has 0 bridgehead atoms. The number of methoxy groups -OCH3 is 2. The summed E-state index contributed by atoms with van der Waals surface area (Å²) in [6.45, 7) is 8.79. The van der Waals surface area contributed by atoms with Crippen molar-refractivity contribution in [3.8, 4) is 39.5 Å². The summed E-state index contributed by atoms with van der Waals surface area (Å²) >= 11 is 1.84. The Bertz CT molecular complexity index is 2850. The third kappa shape index (κ3) is 8.10. The van der Waals surface area contributed by atoms with Gasteiger partial charge >= 0.3 is 12.2 Å². The second-order valence-electron chi connectivity index (χ2n) is 18.8. The Balaban J connectivity index is 0.950. The number of carbonyl (C=O) groups excluding carboxylic acids is 4. The van der Waals surface area contributed by atoms with E-state index >= 15 is 0 Å². The maximum atomic E-state index is 13.8. The number of nitrogens with zero attached hydrogens (tertiary/aromatic N) is 5. The van der Waals surface area contributed by atoms with E-state index in [1.807, 2.05) is 61.2 Å². The molecule has 4 aliphatic rings. The highest BCUT2D eigenvalue weighted by atomic mass is 32.1. The van der Waals surface area contributed by atoms with E-state index in [0.29, 0.717) is 24.7 Å². The second kappa shape index (κ2) is 17.9. The van der Waals surface area contributed by atoms with Crippen LogP contribution >= 0.6 is 11.3 Å². The summed E-state index contributed by atoms with van der Waals surface area (Å²) in [5.41, 5.74) is 8.03. The number of fused-ring (bicyclic) bond motifs is 6. The van der Waals surface area contributed by atoms with E-state index in [2.05, 4.69) is 73.7 Å². The third-order valence-corrected chi connectivity index (χ3v) is 15.1. The molecule has 2 saturated heterocycles. The Morgan fingerprint density at radius 3 is 1.90 bits per heavy atom. The largest absolute Gasteiger partial charge is 0.464 e. The number of ether oxygens (including phenoxy) is 3. The molecule has 5 atom stereocenters. The Morgan fingerprint density at radius 1 is 0.746 bits per heavy atom. The Morgan fingerprint density at radius 2 is 1.33 bits per heavy atom. The van der Waals surface area contributed by atoms with Crippen molar-refractivity contribution >= 4 is 46.2 Å². The molecular weight excluding hydrogens is 871 g/mol. The van der Waals surface area contributed by atoms with Crippen LogP contribution in [0.15, 0.2) is 60.9 Å². The number of thiophene rings is 1. The van der Waals surface area contributed by atoms with Crippen LogP contribution < -0.4 is 15.4 Å². The number of aromatic nitrogens is 5. The van der Waals surface area contributed by atoms with Gasteiger partial charge in [0.25, 0.3) is 0 Å². The van der Waals surface area contributed by atoms with E-state index in [-0.39, 0.29) is 42.0 Å². The number of amides is 4. The van der Waals surface area contributed by atoms with Crippen molar-refractivity contribution in [2.75, 3.05) is 27.3 Å². The van der Waals surface area contributed by atoms with Crippen LogP contribution in [0.5, 0.6) is 5.75 Å². The van der Waals surface area contributed by atoms with Crippen LogP contribution in [0.4, 0.5) is 9.59 Å². The van der Waals surface area contributed by atoms with Gasteiger partial charge in [-0.3, -0.25) is 14.2 Å². The Kier molecular flexibility index (Phi) is 11.8. The van der Waals surface area contributed by atoms with Crippen molar-refractivity contribution < 1.29 is 33.4 Å². The number of benzene rings is 2.